The van der Waals surface area contributed by atoms with E-state index < -0.39 is 5.41 Å². The third-order valence-corrected chi connectivity index (χ3v) is 4.83. The predicted octanol–water partition coefficient (Wildman–Crippen LogP) is 4.36. The van der Waals surface area contributed by atoms with Gasteiger partial charge in [-0.15, -0.1) is 11.3 Å². The smallest absolute Gasteiger partial charge is 0.266 e. The molecule has 0 atom stereocenters. The van der Waals surface area contributed by atoms with Crippen LogP contribution >= 0.6 is 11.3 Å². The van der Waals surface area contributed by atoms with Crippen molar-refractivity contribution < 1.29 is 9.59 Å². The van der Waals surface area contributed by atoms with Gasteiger partial charge in [-0.05, 0) is 42.8 Å². The van der Waals surface area contributed by atoms with Crippen LogP contribution in [0.1, 0.15) is 36.0 Å². The Balaban J connectivity index is 2.10. The molecule has 0 fully saturated rings. The average Bonchev–Trinajstić information content (AvgIpc) is 2.87. The topological polar surface area (TPSA) is 61.4 Å². The number of benzene rings is 1. The van der Waals surface area contributed by atoms with Gasteiger partial charge in [0.15, 0.2) is 0 Å². The van der Waals surface area contributed by atoms with Crippen LogP contribution in [0.15, 0.2) is 30.3 Å². The fourth-order valence-electron chi connectivity index (χ4n) is 2.10. The Morgan fingerprint density at radius 2 is 1.64 bits per heavy atom. The molecule has 0 spiro atoms. The number of carbonyl (C=O) groups excluding carboxylic acids is 2. The molecule has 0 saturated heterocycles. The number of amides is 2. The third kappa shape index (κ3) is 4.82. The van der Waals surface area contributed by atoms with Crippen LogP contribution in [0.2, 0.25) is 0 Å². The molecular weight excluding hydrogens is 334 g/mol. The second-order valence-electron chi connectivity index (χ2n) is 7.22. The molecule has 0 aliphatic heterocycles. The van der Waals surface area contributed by atoms with Gasteiger partial charge in [-0.3, -0.25) is 9.59 Å². The Bertz CT molecular complexity index is 771. The van der Waals surface area contributed by atoms with Gasteiger partial charge in [-0.25, -0.2) is 0 Å². The van der Waals surface area contributed by atoms with Crippen molar-refractivity contribution in [1.82, 2.24) is 0 Å². The standard InChI is InChI=1S/C19H25N3O2S/c1-12-11-15(21-18(24)19(2,3)4)25-16(12)17(23)20-13-7-9-14(10-8-13)22(5)6/h7-11H,1-6H3,(H,20,23)(H,21,24). The van der Waals surface area contributed by atoms with Crippen molar-refractivity contribution in [2.75, 3.05) is 29.6 Å². The lowest BCUT2D eigenvalue weighted by molar-refractivity contribution is -0.123. The van der Waals surface area contributed by atoms with Crippen LogP contribution in [0.4, 0.5) is 16.4 Å². The number of aryl methyl sites for hydroxylation is 1. The first-order chi connectivity index (χ1) is 11.6. The number of nitrogens with one attached hydrogen (secondary N) is 2. The van der Waals surface area contributed by atoms with E-state index in [4.69, 9.17) is 0 Å². The van der Waals surface area contributed by atoms with E-state index in [0.717, 1.165) is 16.9 Å². The first-order valence-corrected chi connectivity index (χ1v) is 8.90. The van der Waals surface area contributed by atoms with Crippen LogP contribution in [-0.4, -0.2) is 25.9 Å². The maximum absolute atomic E-state index is 12.5. The molecule has 134 valence electrons. The van der Waals surface area contributed by atoms with Crippen molar-refractivity contribution in [3.05, 3.63) is 40.8 Å². The summed E-state index contributed by atoms with van der Waals surface area (Å²) in [6, 6.07) is 9.48. The van der Waals surface area contributed by atoms with Crippen LogP contribution in [0, 0.1) is 12.3 Å². The van der Waals surface area contributed by atoms with E-state index in [-0.39, 0.29) is 11.8 Å². The molecule has 1 heterocycles. The summed E-state index contributed by atoms with van der Waals surface area (Å²) in [7, 11) is 3.94. The van der Waals surface area contributed by atoms with E-state index in [9.17, 15) is 9.59 Å². The Kier molecular flexibility index (Phi) is 5.52. The Labute approximate surface area is 153 Å². The molecule has 6 heteroatoms. The summed E-state index contributed by atoms with van der Waals surface area (Å²) in [5, 5.41) is 6.46. The second kappa shape index (κ2) is 7.27. The molecule has 0 unspecified atom stereocenters. The summed E-state index contributed by atoms with van der Waals surface area (Å²) < 4.78 is 0. The van der Waals surface area contributed by atoms with Crippen molar-refractivity contribution in [1.29, 1.82) is 0 Å². The molecule has 2 rings (SSSR count). The molecule has 5 nitrogen and oxygen atoms in total. The van der Waals surface area contributed by atoms with Gasteiger partial charge in [-0.1, -0.05) is 20.8 Å². The molecule has 2 amide bonds. The molecule has 0 aliphatic rings. The van der Waals surface area contributed by atoms with Gasteiger partial charge >= 0.3 is 0 Å². The zero-order valence-electron chi connectivity index (χ0n) is 15.6. The lowest BCUT2D eigenvalue weighted by Gasteiger charge is -2.16. The highest BCUT2D eigenvalue weighted by molar-refractivity contribution is 7.18. The van der Waals surface area contributed by atoms with Crippen LogP contribution in [0.3, 0.4) is 0 Å². The summed E-state index contributed by atoms with van der Waals surface area (Å²) in [6.45, 7) is 7.43. The number of carbonyl (C=O) groups is 2. The zero-order valence-corrected chi connectivity index (χ0v) is 16.4. The highest BCUT2D eigenvalue weighted by Crippen LogP contribution is 2.29. The van der Waals surface area contributed by atoms with Crippen molar-refractivity contribution in [3.63, 3.8) is 0 Å². The quantitative estimate of drug-likeness (QED) is 0.853. The predicted molar refractivity (Wildman–Crippen MR) is 106 cm³/mol. The summed E-state index contributed by atoms with van der Waals surface area (Å²) in [4.78, 5) is 27.2. The van der Waals surface area contributed by atoms with E-state index >= 15 is 0 Å². The SMILES string of the molecule is Cc1cc(NC(=O)C(C)(C)C)sc1C(=O)Nc1ccc(N(C)C)cc1. The highest BCUT2D eigenvalue weighted by atomic mass is 32.1. The summed E-state index contributed by atoms with van der Waals surface area (Å²) >= 11 is 1.29. The van der Waals surface area contributed by atoms with E-state index in [1.54, 1.807) is 0 Å². The molecule has 2 aromatic rings. The highest BCUT2D eigenvalue weighted by Gasteiger charge is 2.23. The molecule has 0 aliphatic carbocycles. The number of hydrogen-bond acceptors (Lipinski definition) is 4. The van der Waals surface area contributed by atoms with Gasteiger partial charge in [0.1, 0.15) is 0 Å². The lowest BCUT2D eigenvalue weighted by Crippen LogP contribution is -2.27. The number of anilines is 3. The monoisotopic (exact) mass is 359 g/mol. The molecule has 25 heavy (non-hydrogen) atoms. The van der Waals surface area contributed by atoms with Gasteiger partial charge in [-0.2, -0.15) is 0 Å². The van der Waals surface area contributed by atoms with Crippen LogP contribution in [0.25, 0.3) is 0 Å². The third-order valence-electron chi connectivity index (χ3n) is 3.68. The van der Waals surface area contributed by atoms with Gasteiger partial charge in [0.25, 0.3) is 5.91 Å². The first kappa shape index (κ1) is 19.0. The fourth-order valence-corrected chi connectivity index (χ4v) is 3.06. The normalized spacial score (nSPS) is 11.1. The number of hydrogen-bond donors (Lipinski definition) is 2. The van der Waals surface area contributed by atoms with E-state index in [0.29, 0.717) is 9.88 Å². The van der Waals surface area contributed by atoms with E-state index in [2.05, 4.69) is 10.6 Å². The van der Waals surface area contributed by atoms with Gasteiger partial charge < -0.3 is 15.5 Å². The maximum Gasteiger partial charge on any atom is 0.266 e. The Morgan fingerprint density at radius 1 is 1.04 bits per heavy atom. The number of nitrogens with zero attached hydrogens (tertiary/aromatic N) is 1. The van der Waals surface area contributed by atoms with Crippen molar-refractivity contribution in [2.45, 2.75) is 27.7 Å². The van der Waals surface area contributed by atoms with E-state index in [1.807, 2.05) is 77.0 Å². The molecule has 0 radical (unpaired) electrons. The average molecular weight is 359 g/mol. The van der Waals surface area contributed by atoms with Gasteiger partial charge in [0.2, 0.25) is 5.91 Å². The van der Waals surface area contributed by atoms with Crippen LogP contribution in [-0.2, 0) is 4.79 Å². The summed E-state index contributed by atoms with van der Waals surface area (Å²) in [6.07, 6.45) is 0. The second-order valence-corrected chi connectivity index (χ2v) is 8.27. The maximum atomic E-state index is 12.5. The largest absolute Gasteiger partial charge is 0.378 e. The van der Waals surface area contributed by atoms with Crippen molar-refractivity contribution in [3.8, 4) is 0 Å². The molecular formula is C19H25N3O2S. The zero-order chi connectivity index (χ0) is 18.8. The first-order valence-electron chi connectivity index (χ1n) is 8.08. The van der Waals surface area contributed by atoms with E-state index in [1.165, 1.54) is 11.3 Å². The van der Waals surface area contributed by atoms with Gasteiger partial charge in [0, 0.05) is 30.9 Å². The minimum absolute atomic E-state index is 0.0695. The number of thiophene rings is 1. The van der Waals surface area contributed by atoms with Gasteiger partial charge in [0.05, 0.1) is 9.88 Å². The minimum Gasteiger partial charge on any atom is -0.378 e. The molecule has 1 aromatic heterocycles. The lowest BCUT2D eigenvalue weighted by atomic mass is 9.96. The summed E-state index contributed by atoms with van der Waals surface area (Å²) in [5.74, 6) is -0.239. The number of rotatable bonds is 4. The molecule has 1 aromatic carbocycles. The van der Waals surface area contributed by atoms with Crippen molar-refractivity contribution in [2.24, 2.45) is 5.41 Å². The van der Waals surface area contributed by atoms with Crippen molar-refractivity contribution >= 4 is 39.5 Å². The van der Waals surface area contributed by atoms with Crippen LogP contribution in [0.5, 0.6) is 0 Å². The molecule has 2 N–H and O–H groups in total. The minimum atomic E-state index is -0.478. The summed E-state index contributed by atoms with van der Waals surface area (Å²) in [5.41, 5.74) is 2.17. The fraction of sp³-hybridized carbons (Fsp3) is 0.368. The Hall–Kier alpha value is -2.34. The molecule has 0 saturated carbocycles. The Morgan fingerprint density at radius 3 is 2.16 bits per heavy atom. The molecule has 0 bridgehead atoms. The van der Waals surface area contributed by atoms with Crippen LogP contribution < -0.4 is 15.5 Å².